The Morgan fingerprint density at radius 2 is 2.00 bits per heavy atom. The summed E-state index contributed by atoms with van der Waals surface area (Å²) in [5.74, 6) is -4.75. The summed E-state index contributed by atoms with van der Waals surface area (Å²) in [6, 6.07) is 0. The lowest BCUT2D eigenvalue weighted by Gasteiger charge is -2.19. The maximum Gasteiger partial charge on any atom is 0.351 e. The molecule has 0 radical (unpaired) electrons. The zero-order valence-electron chi connectivity index (χ0n) is 13.5. The first kappa shape index (κ1) is 23.5. The number of aromatic nitrogens is 2. The molecule has 4 atom stereocenters. The van der Waals surface area contributed by atoms with E-state index in [1.165, 1.54) is 0 Å². The highest BCUT2D eigenvalue weighted by Gasteiger charge is 2.44. The van der Waals surface area contributed by atoms with Crippen LogP contribution in [0.25, 0.3) is 0 Å². The fraction of sp³-hybridized carbons (Fsp3) is 0.692. The van der Waals surface area contributed by atoms with Gasteiger partial charge in [0.25, 0.3) is 0 Å². The van der Waals surface area contributed by atoms with E-state index < -0.39 is 68.2 Å². The number of hydrogen-bond donors (Lipinski definition) is 4. The SMILES string of the molecule is Cl.Nc1nc(=O)n([C@@H]2O[C@H](CO)[C@@H](O)[C@H]2O)cc1COCC(F)(F)C(F)F. The van der Waals surface area contributed by atoms with E-state index in [4.69, 9.17) is 15.6 Å². The Bertz CT molecular complexity index is 695. The lowest BCUT2D eigenvalue weighted by molar-refractivity contribution is -0.168. The third-order valence-electron chi connectivity index (χ3n) is 3.72. The van der Waals surface area contributed by atoms with E-state index in [-0.39, 0.29) is 18.0 Å². The van der Waals surface area contributed by atoms with Gasteiger partial charge in [0.2, 0.25) is 0 Å². The Morgan fingerprint density at radius 1 is 1.37 bits per heavy atom. The number of ether oxygens (including phenoxy) is 2. The molecule has 1 aliphatic rings. The minimum absolute atomic E-state index is 0. The van der Waals surface area contributed by atoms with Gasteiger partial charge in [-0.2, -0.15) is 13.8 Å². The molecule has 27 heavy (non-hydrogen) atoms. The van der Waals surface area contributed by atoms with Crippen LogP contribution in [-0.2, 0) is 16.1 Å². The van der Waals surface area contributed by atoms with Gasteiger partial charge < -0.3 is 30.5 Å². The van der Waals surface area contributed by atoms with Gasteiger partial charge in [-0.05, 0) is 0 Å². The molecule has 1 saturated heterocycles. The lowest BCUT2D eigenvalue weighted by Crippen LogP contribution is -2.36. The Morgan fingerprint density at radius 3 is 2.52 bits per heavy atom. The molecule has 5 N–H and O–H groups in total. The van der Waals surface area contributed by atoms with E-state index in [1.54, 1.807) is 0 Å². The molecule has 156 valence electrons. The van der Waals surface area contributed by atoms with E-state index in [2.05, 4.69) is 9.72 Å². The summed E-state index contributed by atoms with van der Waals surface area (Å²) in [5.41, 5.74) is 4.39. The highest BCUT2D eigenvalue weighted by molar-refractivity contribution is 5.85. The number of hydrogen-bond acceptors (Lipinski definition) is 8. The Kier molecular flexibility index (Phi) is 7.95. The monoisotopic (exact) mass is 423 g/mol. The second kappa shape index (κ2) is 9.12. The summed E-state index contributed by atoms with van der Waals surface area (Å²) in [7, 11) is 0. The maximum atomic E-state index is 12.8. The van der Waals surface area contributed by atoms with Crippen LogP contribution in [0.4, 0.5) is 23.4 Å². The molecule has 0 unspecified atom stereocenters. The van der Waals surface area contributed by atoms with Crippen LogP contribution in [0, 0.1) is 0 Å². The highest BCUT2D eigenvalue weighted by Crippen LogP contribution is 2.29. The first-order valence-corrected chi connectivity index (χ1v) is 7.32. The van der Waals surface area contributed by atoms with Gasteiger partial charge in [0.15, 0.2) is 6.23 Å². The van der Waals surface area contributed by atoms with Gasteiger partial charge in [0, 0.05) is 11.8 Å². The number of halogens is 5. The van der Waals surface area contributed by atoms with Gasteiger partial charge in [-0.15, -0.1) is 12.4 Å². The van der Waals surface area contributed by atoms with Crippen molar-refractivity contribution in [1.29, 1.82) is 0 Å². The second-order valence-electron chi connectivity index (χ2n) is 5.62. The van der Waals surface area contributed by atoms with Gasteiger partial charge in [0.1, 0.15) is 30.7 Å². The first-order chi connectivity index (χ1) is 12.1. The van der Waals surface area contributed by atoms with Gasteiger partial charge in [0.05, 0.1) is 13.2 Å². The number of nitrogens with two attached hydrogens (primary N) is 1. The number of aliphatic hydroxyl groups is 3. The number of nitrogen functional groups attached to an aromatic ring is 1. The normalized spacial score (nSPS) is 25.6. The van der Waals surface area contributed by atoms with Crippen LogP contribution in [0.15, 0.2) is 11.0 Å². The molecule has 0 aromatic carbocycles. The zero-order valence-corrected chi connectivity index (χ0v) is 14.4. The Labute approximate surface area is 155 Å². The van der Waals surface area contributed by atoms with E-state index in [1.807, 2.05) is 0 Å². The van der Waals surface area contributed by atoms with Gasteiger partial charge in [-0.1, -0.05) is 0 Å². The number of nitrogens with zero attached hydrogens (tertiary/aromatic N) is 2. The standard InChI is InChI=1S/C13H17F4N3O6.ClH/c14-11(15)13(16,17)4-25-3-5-1-20(12(24)19-9(5)18)10-8(23)7(22)6(2-21)26-10;/h1,6-8,10-11,21-23H,2-4H2,(H2,18,19,24);1H/t6-,7-,8-,10-;/m1./s1. The molecule has 0 bridgehead atoms. The molecule has 0 amide bonds. The number of anilines is 1. The summed E-state index contributed by atoms with van der Waals surface area (Å²) in [5, 5.41) is 28.7. The van der Waals surface area contributed by atoms with Crippen molar-refractivity contribution >= 4 is 18.2 Å². The molecule has 1 aromatic heterocycles. The van der Waals surface area contributed by atoms with E-state index >= 15 is 0 Å². The minimum atomic E-state index is -4.36. The summed E-state index contributed by atoms with van der Waals surface area (Å²) >= 11 is 0. The molecule has 1 aromatic rings. The maximum absolute atomic E-state index is 12.8. The highest BCUT2D eigenvalue weighted by atomic mass is 35.5. The van der Waals surface area contributed by atoms with Crippen LogP contribution in [0.1, 0.15) is 11.8 Å². The van der Waals surface area contributed by atoms with E-state index in [9.17, 15) is 32.6 Å². The van der Waals surface area contributed by atoms with Crippen molar-refractivity contribution in [2.45, 2.75) is 43.5 Å². The predicted molar refractivity (Wildman–Crippen MR) is 83.8 cm³/mol. The predicted octanol–water partition coefficient (Wildman–Crippen LogP) is -0.724. The fourth-order valence-corrected chi connectivity index (χ4v) is 2.29. The second-order valence-corrected chi connectivity index (χ2v) is 5.62. The topological polar surface area (TPSA) is 140 Å². The zero-order chi connectivity index (χ0) is 19.6. The molecule has 0 aliphatic carbocycles. The van der Waals surface area contributed by atoms with Gasteiger partial charge in [-0.25, -0.2) is 13.6 Å². The molecule has 9 nitrogen and oxygen atoms in total. The third kappa shape index (κ3) is 5.06. The lowest BCUT2D eigenvalue weighted by atomic mass is 10.1. The molecule has 0 saturated carbocycles. The van der Waals surface area contributed by atoms with Crippen molar-refractivity contribution in [1.82, 2.24) is 9.55 Å². The quantitative estimate of drug-likeness (QED) is 0.421. The molecule has 1 aliphatic heterocycles. The van der Waals surface area contributed by atoms with Crippen LogP contribution in [0.3, 0.4) is 0 Å². The molecule has 14 heteroatoms. The van der Waals surface area contributed by atoms with Crippen molar-refractivity contribution in [2.75, 3.05) is 18.9 Å². The molecule has 2 rings (SSSR count). The van der Waals surface area contributed by atoms with Crippen molar-refractivity contribution in [3.63, 3.8) is 0 Å². The summed E-state index contributed by atoms with van der Waals surface area (Å²) in [4.78, 5) is 15.3. The average molecular weight is 424 g/mol. The van der Waals surface area contributed by atoms with Gasteiger partial charge in [-0.3, -0.25) is 4.57 Å². The van der Waals surface area contributed by atoms with Crippen LogP contribution in [-0.4, -0.2) is 68.7 Å². The summed E-state index contributed by atoms with van der Waals surface area (Å²) in [6.45, 7) is -2.89. The number of aliphatic hydroxyl groups excluding tert-OH is 3. The Hall–Kier alpha value is -1.51. The largest absolute Gasteiger partial charge is 0.394 e. The third-order valence-corrected chi connectivity index (χ3v) is 3.72. The Balaban J connectivity index is 0.00000364. The smallest absolute Gasteiger partial charge is 0.351 e. The summed E-state index contributed by atoms with van der Waals surface area (Å²) < 4.78 is 60.2. The molecule has 2 heterocycles. The van der Waals surface area contributed by atoms with E-state index in [0.717, 1.165) is 10.8 Å². The van der Waals surface area contributed by atoms with Crippen molar-refractivity contribution < 1.29 is 42.4 Å². The van der Waals surface area contributed by atoms with Crippen LogP contribution in [0.5, 0.6) is 0 Å². The summed E-state index contributed by atoms with van der Waals surface area (Å²) in [6.07, 6.45) is -8.60. The van der Waals surface area contributed by atoms with Crippen molar-refractivity contribution in [3.05, 3.63) is 22.2 Å². The van der Waals surface area contributed by atoms with Crippen LogP contribution < -0.4 is 11.4 Å². The number of rotatable bonds is 7. The minimum Gasteiger partial charge on any atom is -0.394 e. The molecule has 0 spiro atoms. The molecular formula is C13H18ClF4N3O6. The van der Waals surface area contributed by atoms with Gasteiger partial charge >= 0.3 is 18.0 Å². The van der Waals surface area contributed by atoms with Crippen LogP contribution in [0.2, 0.25) is 0 Å². The molecule has 1 fully saturated rings. The van der Waals surface area contributed by atoms with E-state index in [0.29, 0.717) is 0 Å². The van der Waals surface area contributed by atoms with Crippen molar-refractivity contribution in [2.24, 2.45) is 0 Å². The fourth-order valence-electron chi connectivity index (χ4n) is 2.29. The molecular weight excluding hydrogens is 406 g/mol. The van der Waals surface area contributed by atoms with Crippen LogP contribution >= 0.6 is 12.4 Å². The first-order valence-electron chi connectivity index (χ1n) is 7.32. The number of alkyl halides is 4. The average Bonchev–Trinajstić information content (AvgIpc) is 2.84. The van der Waals surface area contributed by atoms with Crippen molar-refractivity contribution in [3.8, 4) is 0 Å².